The molecule has 0 aliphatic rings. The Morgan fingerprint density at radius 2 is 1.86 bits per heavy atom. The second-order valence-corrected chi connectivity index (χ2v) is 3.88. The van der Waals surface area contributed by atoms with E-state index < -0.39 is 17.5 Å². The topological polar surface area (TPSA) is 63.6 Å². The van der Waals surface area contributed by atoms with Crippen LogP contribution in [0.3, 0.4) is 0 Å². The molecule has 0 saturated carbocycles. The number of carboxylic acids is 1. The molecular weight excluding hydrogens is 184 g/mol. The van der Waals surface area contributed by atoms with Crippen molar-refractivity contribution in [1.82, 2.24) is 0 Å². The van der Waals surface area contributed by atoms with Crippen LogP contribution in [0.15, 0.2) is 0 Å². The Balaban J connectivity index is 3.86. The molecular formula is C10H18O4. The number of hydrogen-bond acceptors (Lipinski definition) is 3. The molecule has 0 saturated heterocycles. The fourth-order valence-electron chi connectivity index (χ4n) is 1.22. The van der Waals surface area contributed by atoms with Crippen LogP contribution in [0.2, 0.25) is 0 Å². The van der Waals surface area contributed by atoms with Crippen molar-refractivity contribution in [2.75, 3.05) is 0 Å². The molecule has 0 aromatic rings. The maximum absolute atomic E-state index is 11.2. The number of aliphatic carboxylic acids is 1. The van der Waals surface area contributed by atoms with E-state index in [0.717, 1.165) is 12.8 Å². The predicted octanol–water partition coefficient (Wildman–Crippen LogP) is 1.97. The minimum atomic E-state index is -0.977. The van der Waals surface area contributed by atoms with E-state index in [-0.39, 0.29) is 12.8 Å². The van der Waals surface area contributed by atoms with Gasteiger partial charge in [0.05, 0.1) is 12.8 Å². The highest BCUT2D eigenvalue weighted by atomic mass is 16.6. The summed E-state index contributed by atoms with van der Waals surface area (Å²) in [5, 5.41) is 8.36. The van der Waals surface area contributed by atoms with Crippen molar-refractivity contribution in [3.63, 3.8) is 0 Å². The number of ether oxygens (including phenoxy) is 1. The Kier molecular flexibility index (Phi) is 5.20. The van der Waals surface area contributed by atoms with Gasteiger partial charge >= 0.3 is 11.9 Å². The lowest BCUT2D eigenvalue weighted by Crippen LogP contribution is -2.27. The van der Waals surface area contributed by atoms with Gasteiger partial charge in [0.15, 0.2) is 0 Å². The van der Waals surface area contributed by atoms with Crippen LogP contribution >= 0.6 is 0 Å². The lowest BCUT2D eigenvalue weighted by Gasteiger charge is -2.24. The zero-order valence-electron chi connectivity index (χ0n) is 9.00. The number of hydrogen-bond donors (Lipinski definition) is 1. The van der Waals surface area contributed by atoms with Crippen molar-refractivity contribution in [3.05, 3.63) is 0 Å². The molecule has 1 N–H and O–H groups in total. The molecule has 4 nitrogen and oxygen atoms in total. The highest BCUT2D eigenvalue weighted by molar-refractivity contribution is 5.76. The van der Waals surface area contributed by atoms with E-state index in [1.165, 1.54) is 0 Å². The van der Waals surface area contributed by atoms with Crippen LogP contribution in [0.5, 0.6) is 0 Å². The number of carboxylic acid groups (broad SMARTS) is 1. The molecule has 0 fully saturated rings. The summed E-state index contributed by atoms with van der Waals surface area (Å²) in [6, 6.07) is 0. The number of rotatable bonds is 6. The maximum Gasteiger partial charge on any atom is 0.306 e. The third-order valence-electron chi connectivity index (χ3n) is 1.79. The SMILES string of the molecule is CCCC(C)(C)OC(=O)CCC(=O)O. The van der Waals surface area contributed by atoms with Crippen LogP contribution in [0.4, 0.5) is 0 Å². The fourth-order valence-corrected chi connectivity index (χ4v) is 1.22. The molecule has 0 amide bonds. The number of esters is 1. The Bertz CT molecular complexity index is 208. The highest BCUT2D eigenvalue weighted by Gasteiger charge is 2.21. The van der Waals surface area contributed by atoms with Gasteiger partial charge in [-0.3, -0.25) is 9.59 Å². The molecule has 0 spiro atoms. The van der Waals surface area contributed by atoms with Gasteiger partial charge in [-0.15, -0.1) is 0 Å². The molecule has 14 heavy (non-hydrogen) atoms. The Morgan fingerprint density at radius 3 is 2.29 bits per heavy atom. The van der Waals surface area contributed by atoms with Gasteiger partial charge in [-0.1, -0.05) is 13.3 Å². The quantitative estimate of drug-likeness (QED) is 0.669. The second-order valence-electron chi connectivity index (χ2n) is 3.88. The predicted molar refractivity (Wildman–Crippen MR) is 51.9 cm³/mol. The van der Waals surface area contributed by atoms with Crippen molar-refractivity contribution >= 4 is 11.9 Å². The third-order valence-corrected chi connectivity index (χ3v) is 1.79. The van der Waals surface area contributed by atoms with E-state index in [4.69, 9.17) is 9.84 Å². The van der Waals surface area contributed by atoms with Gasteiger partial charge in [0, 0.05) is 0 Å². The molecule has 4 heteroatoms. The van der Waals surface area contributed by atoms with E-state index in [1.54, 1.807) is 0 Å². The lowest BCUT2D eigenvalue weighted by molar-refractivity contribution is -0.159. The minimum Gasteiger partial charge on any atom is -0.481 e. The molecule has 0 atom stereocenters. The van der Waals surface area contributed by atoms with Gasteiger partial charge in [0.2, 0.25) is 0 Å². The lowest BCUT2D eigenvalue weighted by atomic mass is 10.0. The summed E-state index contributed by atoms with van der Waals surface area (Å²) in [4.78, 5) is 21.3. The van der Waals surface area contributed by atoms with Gasteiger partial charge in [0.25, 0.3) is 0 Å². The Hall–Kier alpha value is -1.06. The molecule has 0 unspecified atom stereocenters. The molecule has 0 heterocycles. The van der Waals surface area contributed by atoms with E-state index in [9.17, 15) is 9.59 Å². The molecule has 0 bridgehead atoms. The van der Waals surface area contributed by atoms with Gasteiger partial charge in [-0.25, -0.2) is 0 Å². The fraction of sp³-hybridized carbons (Fsp3) is 0.800. The summed E-state index contributed by atoms with van der Waals surface area (Å²) in [6.45, 7) is 5.66. The molecule has 0 radical (unpaired) electrons. The van der Waals surface area contributed by atoms with Crippen molar-refractivity contribution in [1.29, 1.82) is 0 Å². The van der Waals surface area contributed by atoms with E-state index >= 15 is 0 Å². The summed E-state index contributed by atoms with van der Waals surface area (Å²) >= 11 is 0. The van der Waals surface area contributed by atoms with Crippen LogP contribution in [0.25, 0.3) is 0 Å². The number of carbonyl (C=O) groups excluding carboxylic acids is 1. The maximum atomic E-state index is 11.2. The average molecular weight is 202 g/mol. The van der Waals surface area contributed by atoms with Crippen molar-refractivity contribution in [2.45, 2.75) is 52.1 Å². The largest absolute Gasteiger partial charge is 0.481 e. The Labute approximate surface area is 84.3 Å². The first-order chi connectivity index (χ1) is 6.37. The molecule has 0 aromatic carbocycles. The zero-order valence-corrected chi connectivity index (χ0v) is 9.00. The van der Waals surface area contributed by atoms with Gasteiger partial charge in [0.1, 0.15) is 5.60 Å². The summed E-state index contributed by atoms with van der Waals surface area (Å²) in [6.07, 6.45) is 1.49. The first-order valence-corrected chi connectivity index (χ1v) is 4.81. The third kappa shape index (κ3) is 6.46. The van der Waals surface area contributed by atoms with Gasteiger partial charge in [-0.2, -0.15) is 0 Å². The van der Waals surface area contributed by atoms with Gasteiger partial charge in [-0.05, 0) is 20.3 Å². The van der Waals surface area contributed by atoms with E-state index in [2.05, 4.69) is 0 Å². The standard InChI is InChI=1S/C10H18O4/c1-4-7-10(2,3)14-9(13)6-5-8(11)12/h4-7H2,1-3H3,(H,11,12). The van der Waals surface area contributed by atoms with Crippen LogP contribution in [-0.2, 0) is 14.3 Å². The first-order valence-electron chi connectivity index (χ1n) is 4.81. The monoisotopic (exact) mass is 202 g/mol. The first kappa shape index (κ1) is 12.9. The molecule has 0 aliphatic carbocycles. The minimum absolute atomic E-state index is 0.0531. The normalized spacial score (nSPS) is 11.1. The smallest absolute Gasteiger partial charge is 0.306 e. The molecule has 0 aromatic heterocycles. The summed E-state index contributed by atoms with van der Waals surface area (Å²) in [5.41, 5.74) is -0.482. The molecule has 82 valence electrons. The molecule has 0 rings (SSSR count). The molecule has 0 aliphatic heterocycles. The van der Waals surface area contributed by atoms with Crippen LogP contribution in [0.1, 0.15) is 46.5 Å². The zero-order chi connectivity index (χ0) is 11.2. The summed E-state index contributed by atoms with van der Waals surface area (Å²) in [7, 11) is 0. The van der Waals surface area contributed by atoms with E-state index in [1.807, 2.05) is 20.8 Å². The number of carbonyl (C=O) groups is 2. The second kappa shape index (κ2) is 5.62. The highest BCUT2D eigenvalue weighted by Crippen LogP contribution is 2.17. The van der Waals surface area contributed by atoms with Crippen molar-refractivity contribution < 1.29 is 19.4 Å². The van der Waals surface area contributed by atoms with E-state index in [0.29, 0.717) is 0 Å². The Morgan fingerprint density at radius 1 is 1.29 bits per heavy atom. The van der Waals surface area contributed by atoms with Crippen molar-refractivity contribution in [2.24, 2.45) is 0 Å². The van der Waals surface area contributed by atoms with Crippen molar-refractivity contribution in [3.8, 4) is 0 Å². The average Bonchev–Trinajstić information content (AvgIpc) is 1.99. The summed E-state index contributed by atoms with van der Waals surface area (Å²) < 4.78 is 5.13. The summed E-state index contributed by atoms with van der Waals surface area (Å²) in [5.74, 6) is -1.42. The van der Waals surface area contributed by atoms with Crippen LogP contribution in [-0.4, -0.2) is 22.6 Å². The van der Waals surface area contributed by atoms with Gasteiger partial charge < -0.3 is 9.84 Å². The van der Waals surface area contributed by atoms with Crippen LogP contribution < -0.4 is 0 Å². The van der Waals surface area contributed by atoms with Crippen LogP contribution in [0, 0.1) is 0 Å².